The number of hydrogen-bond acceptors (Lipinski definition) is 10. The standard InChI is InChI=1S/C16H27NO11/c1-5-8(17-6(2)19)9(20)12(7(4-18)26-5)27-16-11(22)10(21)13(25-3)14(28-16)15(23)24/h5,7-14,16,18,20-22H,4H2,1-3H3,(H,17,19)(H,23,24)/t5-,7?,8?,9+,10+,11?,12+,13-,14?,16+/m0/s1. The molecule has 0 spiro atoms. The van der Waals surface area contributed by atoms with Crippen molar-refractivity contribution in [3.63, 3.8) is 0 Å². The largest absolute Gasteiger partial charge is 0.479 e. The third kappa shape index (κ3) is 4.60. The quantitative estimate of drug-likeness (QED) is 0.256. The van der Waals surface area contributed by atoms with Gasteiger partial charge in [0.05, 0.1) is 18.8 Å². The summed E-state index contributed by atoms with van der Waals surface area (Å²) in [6.45, 7) is 2.27. The van der Waals surface area contributed by atoms with Crippen LogP contribution in [0, 0.1) is 0 Å². The summed E-state index contributed by atoms with van der Waals surface area (Å²) in [6.07, 6.45) is -12.4. The second-order valence-electron chi connectivity index (χ2n) is 6.82. The molecule has 2 rings (SSSR count). The Balaban J connectivity index is 2.22. The highest BCUT2D eigenvalue weighted by atomic mass is 16.7. The average molecular weight is 409 g/mol. The molecule has 12 heteroatoms. The minimum absolute atomic E-state index is 0.432. The van der Waals surface area contributed by atoms with Gasteiger partial charge >= 0.3 is 5.97 Å². The third-order valence-corrected chi connectivity index (χ3v) is 4.87. The van der Waals surface area contributed by atoms with E-state index >= 15 is 0 Å². The second-order valence-corrected chi connectivity index (χ2v) is 6.82. The Labute approximate surface area is 160 Å². The van der Waals surface area contributed by atoms with E-state index in [4.69, 9.17) is 18.9 Å². The van der Waals surface area contributed by atoms with Crippen molar-refractivity contribution < 1.29 is 54.1 Å². The summed E-state index contributed by atoms with van der Waals surface area (Å²) in [5, 5.41) is 52.4. The van der Waals surface area contributed by atoms with Gasteiger partial charge in [0.1, 0.15) is 36.6 Å². The lowest BCUT2D eigenvalue weighted by Crippen LogP contribution is -2.67. The van der Waals surface area contributed by atoms with Crippen LogP contribution in [0.1, 0.15) is 13.8 Å². The van der Waals surface area contributed by atoms with Crippen molar-refractivity contribution in [1.29, 1.82) is 0 Å². The van der Waals surface area contributed by atoms with Gasteiger partial charge in [-0.1, -0.05) is 0 Å². The number of carbonyl (C=O) groups is 2. The molecule has 0 saturated carbocycles. The van der Waals surface area contributed by atoms with Crippen LogP contribution in [0.5, 0.6) is 0 Å². The van der Waals surface area contributed by atoms with Gasteiger partial charge < -0.3 is 49.8 Å². The van der Waals surface area contributed by atoms with Gasteiger partial charge in [0.15, 0.2) is 12.4 Å². The molecule has 2 saturated heterocycles. The summed E-state index contributed by atoms with van der Waals surface area (Å²) in [5.41, 5.74) is 0. The zero-order valence-electron chi connectivity index (χ0n) is 15.7. The number of aliphatic carboxylic acids is 1. The topological polar surface area (TPSA) is 184 Å². The van der Waals surface area contributed by atoms with Gasteiger partial charge in [-0.05, 0) is 6.92 Å². The molecule has 2 heterocycles. The first kappa shape index (κ1) is 22.9. The van der Waals surface area contributed by atoms with E-state index in [1.807, 2.05) is 0 Å². The molecular weight excluding hydrogens is 382 g/mol. The minimum atomic E-state index is -1.70. The molecule has 0 aliphatic carbocycles. The first-order chi connectivity index (χ1) is 13.1. The molecule has 162 valence electrons. The lowest BCUT2D eigenvalue weighted by Gasteiger charge is -2.46. The number of methoxy groups -OCH3 is 1. The summed E-state index contributed by atoms with van der Waals surface area (Å²) in [5.74, 6) is -1.88. The molecule has 0 aromatic heterocycles. The molecule has 10 atom stereocenters. The van der Waals surface area contributed by atoms with E-state index in [2.05, 4.69) is 5.32 Å². The van der Waals surface area contributed by atoms with Crippen LogP contribution in [-0.2, 0) is 28.5 Å². The Morgan fingerprint density at radius 2 is 1.71 bits per heavy atom. The Hall–Kier alpha value is -1.38. The SMILES string of the molecule is CO[C@@H]1C(C(=O)O)O[C@@H](O[C@@H]2C(CO)O[C@@H](C)C(NC(C)=O)[C@H]2O)C(O)[C@H]1O. The normalized spacial score (nSPS) is 44.1. The van der Waals surface area contributed by atoms with E-state index in [0.29, 0.717) is 0 Å². The van der Waals surface area contributed by atoms with Crippen molar-refractivity contribution in [3.05, 3.63) is 0 Å². The number of rotatable bonds is 6. The number of aliphatic hydroxyl groups is 4. The molecule has 2 aliphatic rings. The van der Waals surface area contributed by atoms with Gasteiger partial charge in [-0.2, -0.15) is 0 Å². The number of aliphatic hydroxyl groups excluding tert-OH is 4. The molecule has 2 aliphatic heterocycles. The first-order valence-electron chi connectivity index (χ1n) is 8.76. The highest BCUT2D eigenvalue weighted by Gasteiger charge is 2.52. The number of amides is 1. The first-order valence-corrected chi connectivity index (χ1v) is 8.76. The molecule has 12 nitrogen and oxygen atoms in total. The average Bonchev–Trinajstić information content (AvgIpc) is 2.63. The van der Waals surface area contributed by atoms with Gasteiger partial charge in [0.2, 0.25) is 5.91 Å². The fraction of sp³-hybridized carbons (Fsp3) is 0.875. The van der Waals surface area contributed by atoms with Crippen LogP contribution in [-0.4, -0.2) is 112 Å². The molecule has 4 unspecified atom stereocenters. The summed E-state index contributed by atoms with van der Waals surface area (Å²) in [6, 6.07) is -0.891. The lowest BCUT2D eigenvalue weighted by molar-refractivity contribution is -0.331. The zero-order valence-corrected chi connectivity index (χ0v) is 15.7. The highest BCUT2D eigenvalue weighted by Crippen LogP contribution is 2.30. The third-order valence-electron chi connectivity index (χ3n) is 4.87. The highest BCUT2D eigenvalue weighted by molar-refractivity contribution is 5.73. The Bertz CT molecular complexity index is 561. The van der Waals surface area contributed by atoms with E-state index in [-0.39, 0.29) is 0 Å². The van der Waals surface area contributed by atoms with Crippen LogP contribution in [0.15, 0.2) is 0 Å². The fourth-order valence-electron chi connectivity index (χ4n) is 3.46. The molecule has 0 aromatic rings. The van der Waals surface area contributed by atoms with Crippen molar-refractivity contribution >= 4 is 11.9 Å². The molecular formula is C16H27NO11. The molecule has 0 aromatic carbocycles. The van der Waals surface area contributed by atoms with Crippen molar-refractivity contribution in [1.82, 2.24) is 5.32 Å². The summed E-state index contributed by atoms with van der Waals surface area (Å²) < 4.78 is 21.2. The van der Waals surface area contributed by atoms with E-state index in [9.17, 15) is 35.1 Å². The molecule has 28 heavy (non-hydrogen) atoms. The maximum atomic E-state index is 11.4. The monoisotopic (exact) mass is 409 g/mol. The lowest BCUT2D eigenvalue weighted by atomic mass is 9.92. The summed E-state index contributed by atoms with van der Waals surface area (Å²) >= 11 is 0. The number of carboxylic acids is 1. The zero-order chi connectivity index (χ0) is 21.2. The molecule has 6 N–H and O–H groups in total. The van der Waals surface area contributed by atoms with E-state index in [1.54, 1.807) is 6.92 Å². The fourth-order valence-corrected chi connectivity index (χ4v) is 3.46. The molecule has 0 radical (unpaired) electrons. The predicted octanol–water partition coefficient (Wildman–Crippen LogP) is -3.44. The van der Waals surface area contributed by atoms with E-state index in [1.165, 1.54) is 6.92 Å². The molecule has 1 amide bonds. The van der Waals surface area contributed by atoms with Crippen LogP contribution in [0.2, 0.25) is 0 Å². The molecule has 2 fully saturated rings. The second kappa shape index (κ2) is 9.41. The van der Waals surface area contributed by atoms with Crippen LogP contribution in [0.4, 0.5) is 0 Å². The van der Waals surface area contributed by atoms with Crippen molar-refractivity contribution in [2.24, 2.45) is 0 Å². The van der Waals surface area contributed by atoms with Crippen molar-refractivity contribution in [3.8, 4) is 0 Å². The summed E-state index contributed by atoms with van der Waals surface area (Å²) in [7, 11) is 1.15. The maximum Gasteiger partial charge on any atom is 0.335 e. The van der Waals surface area contributed by atoms with Crippen LogP contribution in [0.25, 0.3) is 0 Å². The van der Waals surface area contributed by atoms with Crippen molar-refractivity contribution in [2.45, 2.75) is 75.0 Å². The van der Waals surface area contributed by atoms with Crippen LogP contribution in [0.3, 0.4) is 0 Å². The minimum Gasteiger partial charge on any atom is -0.479 e. The van der Waals surface area contributed by atoms with Crippen molar-refractivity contribution in [2.75, 3.05) is 13.7 Å². The van der Waals surface area contributed by atoms with Gasteiger partial charge in [-0.3, -0.25) is 4.79 Å². The number of nitrogens with one attached hydrogen (secondary N) is 1. The van der Waals surface area contributed by atoms with Gasteiger partial charge in [-0.25, -0.2) is 4.79 Å². The number of carboxylic acid groups (broad SMARTS) is 1. The van der Waals surface area contributed by atoms with Crippen LogP contribution < -0.4 is 5.32 Å². The van der Waals surface area contributed by atoms with Crippen LogP contribution >= 0.6 is 0 Å². The number of hydrogen-bond donors (Lipinski definition) is 6. The smallest absolute Gasteiger partial charge is 0.335 e. The van der Waals surface area contributed by atoms with Gasteiger partial charge in [0, 0.05) is 14.0 Å². The predicted molar refractivity (Wildman–Crippen MR) is 89.0 cm³/mol. The Kier molecular flexibility index (Phi) is 7.70. The maximum absolute atomic E-state index is 11.4. The Morgan fingerprint density at radius 3 is 2.21 bits per heavy atom. The van der Waals surface area contributed by atoms with E-state index in [0.717, 1.165) is 7.11 Å². The van der Waals surface area contributed by atoms with E-state index < -0.39 is 79.6 Å². The summed E-state index contributed by atoms with van der Waals surface area (Å²) in [4.78, 5) is 22.8. The van der Waals surface area contributed by atoms with Gasteiger partial charge in [-0.15, -0.1) is 0 Å². The molecule has 0 bridgehead atoms. The Morgan fingerprint density at radius 1 is 1.07 bits per heavy atom. The number of ether oxygens (including phenoxy) is 4. The van der Waals surface area contributed by atoms with Gasteiger partial charge in [0.25, 0.3) is 0 Å². The number of carbonyl (C=O) groups excluding carboxylic acids is 1.